The first-order valence-electron chi connectivity index (χ1n) is 5.32. The van der Waals surface area contributed by atoms with Gasteiger partial charge in [-0.15, -0.1) is 10.2 Å². The number of ether oxygens (including phenoxy) is 1. The van der Waals surface area contributed by atoms with Crippen molar-refractivity contribution >= 4 is 11.6 Å². The minimum absolute atomic E-state index is 0.343. The summed E-state index contributed by atoms with van der Waals surface area (Å²) < 4.78 is 5.62. The first kappa shape index (κ1) is 11.8. The Kier molecular flexibility index (Phi) is 3.54. The minimum Gasteiger partial charge on any atom is -0.436 e. The lowest BCUT2D eigenvalue weighted by atomic mass is 10.2. The summed E-state index contributed by atoms with van der Waals surface area (Å²) in [5.41, 5.74) is 1.87. The maximum atomic E-state index is 5.65. The summed E-state index contributed by atoms with van der Waals surface area (Å²) in [7, 11) is 0. The number of hydrogen-bond acceptors (Lipinski definition) is 4. The Bertz CT molecular complexity index is 514. The van der Waals surface area contributed by atoms with Gasteiger partial charge in [0.05, 0.1) is 5.69 Å². The molecule has 0 unspecified atom stereocenters. The van der Waals surface area contributed by atoms with Crippen LogP contribution in [-0.4, -0.2) is 15.2 Å². The Labute approximate surface area is 105 Å². The van der Waals surface area contributed by atoms with Crippen molar-refractivity contribution in [3.63, 3.8) is 0 Å². The average molecular weight is 250 g/mol. The third-order valence-corrected chi connectivity index (χ3v) is 2.43. The van der Waals surface area contributed by atoms with Gasteiger partial charge in [-0.3, -0.25) is 4.98 Å². The number of hydrogen-bond donors (Lipinski definition) is 0. The Morgan fingerprint density at radius 2 is 2.00 bits per heavy atom. The van der Waals surface area contributed by atoms with Crippen molar-refractivity contribution in [1.29, 1.82) is 0 Å². The molecule has 0 bridgehead atoms. The first-order valence-corrected chi connectivity index (χ1v) is 5.70. The van der Waals surface area contributed by atoms with Crippen molar-refractivity contribution in [2.75, 3.05) is 0 Å². The van der Waals surface area contributed by atoms with Crippen LogP contribution in [0, 0.1) is 6.92 Å². The molecule has 0 aliphatic carbocycles. The van der Waals surface area contributed by atoms with Crippen LogP contribution >= 0.6 is 11.6 Å². The molecular formula is C12H12ClN3O. The number of aromatic nitrogens is 3. The largest absolute Gasteiger partial charge is 0.436 e. The molecule has 0 fully saturated rings. The van der Waals surface area contributed by atoms with Crippen molar-refractivity contribution in [2.45, 2.75) is 20.3 Å². The van der Waals surface area contributed by atoms with Gasteiger partial charge < -0.3 is 4.74 Å². The number of aryl methyl sites for hydroxylation is 2. The van der Waals surface area contributed by atoms with Gasteiger partial charge in [0, 0.05) is 11.8 Å². The molecule has 0 radical (unpaired) electrons. The van der Waals surface area contributed by atoms with Crippen molar-refractivity contribution < 1.29 is 4.74 Å². The molecule has 0 aromatic carbocycles. The van der Waals surface area contributed by atoms with Gasteiger partial charge >= 0.3 is 0 Å². The third kappa shape index (κ3) is 2.91. The van der Waals surface area contributed by atoms with Crippen LogP contribution in [0.5, 0.6) is 11.6 Å². The van der Waals surface area contributed by atoms with E-state index in [2.05, 4.69) is 15.2 Å². The van der Waals surface area contributed by atoms with E-state index in [1.54, 1.807) is 12.1 Å². The van der Waals surface area contributed by atoms with E-state index in [9.17, 15) is 0 Å². The molecule has 0 atom stereocenters. The molecule has 2 aromatic heterocycles. The normalized spacial score (nSPS) is 10.3. The van der Waals surface area contributed by atoms with Crippen LogP contribution in [0.3, 0.4) is 0 Å². The highest BCUT2D eigenvalue weighted by molar-refractivity contribution is 6.29. The zero-order chi connectivity index (χ0) is 12.3. The highest BCUT2D eigenvalue weighted by Gasteiger charge is 2.06. The summed E-state index contributed by atoms with van der Waals surface area (Å²) in [4.78, 5) is 4.41. The van der Waals surface area contributed by atoms with Gasteiger partial charge in [-0.2, -0.15) is 0 Å². The summed E-state index contributed by atoms with van der Waals surface area (Å²) >= 11 is 5.65. The standard InChI is InChI=1S/C12H12ClN3O/c1-3-9-10(5-4-8(2)14-9)17-12-7-6-11(13)15-16-12/h4-7H,3H2,1-2H3. The van der Waals surface area contributed by atoms with Crippen LogP contribution in [-0.2, 0) is 6.42 Å². The summed E-state index contributed by atoms with van der Waals surface area (Å²) in [6.07, 6.45) is 0.804. The topological polar surface area (TPSA) is 47.9 Å². The quantitative estimate of drug-likeness (QED) is 0.838. The van der Waals surface area contributed by atoms with Gasteiger partial charge in [0.1, 0.15) is 0 Å². The van der Waals surface area contributed by atoms with Gasteiger partial charge in [0.25, 0.3) is 0 Å². The number of halogens is 1. The third-order valence-electron chi connectivity index (χ3n) is 2.23. The van der Waals surface area contributed by atoms with Crippen LogP contribution in [0.25, 0.3) is 0 Å². The lowest BCUT2D eigenvalue weighted by molar-refractivity contribution is 0.447. The molecule has 4 nitrogen and oxygen atoms in total. The Balaban J connectivity index is 2.26. The van der Waals surface area contributed by atoms with E-state index in [0.29, 0.717) is 16.8 Å². The predicted octanol–water partition coefficient (Wildman–Crippen LogP) is 3.19. The molecule has 0 aliphatic heterocycles. The fourth-order valence-corrected chi connectivity index (χ4v) is 1.52. The molecule has 0 spiro atoms. The zero-order valence-electron chi connectivity index (χ0n) is 9.64. The van der Waals surface area contributed by atoms with E-state index < -0.39 is 0 Å². The molecule has 0 saturated heterocycles. The van der Waals surface area contributed by atoms with Crippen molar-refractivity contribution in [3.05, 3.63) is 40.8 Å². The van der Waals surface area contributed by atoms with Crippen molar-refractivity contribution in [2.24, 2.45) is 0 Å². The van der Waals surface area contributed by atoms with E-state index in [1.165, 1.54) is 0 Å². The van der Waals surface area contributed by atoms with Crippen LogP contribution in [0.4, 0.5) is 0 Å². The van der Waals surface area contributed by atoms with Crippen molar-refractivity contribution in [1.82, 2.24) is 15.2 Å². The monoisotopic (exact) mass is 249 g/mol. The minimum atomic E-state index is 0.343. The van der Waals surface area contributed by atoms with Gasteiger partial charge in [0.2, 0.25) is 5.88 Å². The molecule has 0 aliphatic rings. The van der Waals surface area contributed by atoms with E-state index in [-0.39, 0.29) is 0 Å². The van der Waals surface area contributed by atoms with Crippen LogP contribution < -0.4 is 4.74 Å². The van der Waals surface area contributed by atoms with Gasteiger partial charge in [0.15, 0.2) is 10.9 Å². The fourth-order valence-electron chi connectivity index (χ4n) is 1.41. The van der Waals surface area contributed by atoms with Crippen LogP contribution in [0.2, 0.25) is 5.15 Å². The fraction of sp³-hybridized carbons (Fsp3) is 0.250. The second-order valence-corrected chi connectivity index (χ2v) is 3.93. The van der Waals surface area contributed by atoms with E-state index >= 15 is 0 Å². The van der Waals surface area contributed by atoms with E-state index in [0.717, 1.165) is 17.8 Å². The molecule has 0 N–H and O–H groups in total. The maximum absolute atomic E-state index is 5.65. The lowest BCUT2D eigenvalue weighted by Gasteiger charge is -2.08. The molecule has 0 saturated carbocycles. The number of pyridine rings is 1. The summed E-state index contributed by atoms with van der Waals surface area (Å²) in [6.45, 7) is 3.98. The maximum Gasteiger partial charge on any atom is 0.239 e. The highest BCUT2D eigenvalue weighted by atomic mass is 35.5. The second kappa shape index (κ2) is 5.10. The molecule has 2 aromatic rings. The summed E-state index contributed by atoms with van der Waals surface area (Å²) in [6, 6.07) is 7.10. The van der Waals surface area contributed by atoms with Crippen molar-refractivity contribution in [3.8, 4) is 11.6 Å². The number of nitrogens with zero attached hydrogens (tertiary/aromatic N) is 3. The lowest BCUT2D eigenvalue weighted by Crippen LogP contribution is -1.97. The van der Waals surface area contributed by atoms with Gasteiger partial charge in [-0.25, -0.2) is 0 Å². The van der Waals surface area contributed by atoms with Gasteiger partial charge in [-0.05, 0) is 31.5 Å². The number of rotatable bonds is 3. The molecule has 17 heavy (non-hydrogen) atoms. The van der Waals surface area contributed by atoms with E-state index in [4.69, 9.17) is 16.3 Å². The molecule has 5 heteroatoms. The summed E-state index contributed by atoms with van der Waals surface area (Å²) in [5, 5.41) is 7.90. The van der Waals surface area contributed by atoms with E-state index in [1.807, 2.05) is 26.0 Å². The van der Waals surface area contributed by atoms with Gasteiger partial charge in [-0.1, -0.05) is 18.5 Å². The molecule has 2 heterocycles. The summed E-state index contributed by atoms with van der Waals surface area (Å²) in [5.74, 6) is 1.12. The van der Waals surface area contributed by atoms with Crippen LogP contribution in [0.15, 0.2) is 24.3 Å². The Morgan fingerprint density at radius 1 is 1.18 bits per heavy atom. The molecular weight excluding hydrogens is 238 g/mol. The zero-order valence-corrected chi connectivity index (χ0v) is 10.4. The Morgan fingerprint density at radius 3 is 2.65 bits per heavy atom. The predicted molar refractivity (Wildman–Crippen MR) is 65.5 cm³/mol. The molecule has 88 valence electrons. The second-order valence-electron chi connectivity index (χ2n) is 3.55. The smallest absolute Gasteiger partial charge is 0.239 e. The highest BCUT2D eigenvalue weighted by Crippen LogP contribution is 2.23. The molecule has 0 amide bonds. The SMILES string of the molecule is CCc1nc(C)ccc1Oc1ccc(Cl)nn1. The Hall–Kier alpha value is -1.68. The average Bonchev–Trinajstić information content (AvgIpc) is 2.34. The molecule has 2 rings (SSSR count). The van der Waals surface area contributed by atoms with Crippen LogP contribution in [0.1, 0.15) is 18.3 Å². The first-order chi connectivity index (χ1) is 8.19.